The Labute approximate surface area is 111 Å². The fraction of sp³-hybridized carbons (Fsp3) is 0.364. The first-order valence-corrected chi connectivity index (χ1v) is 7.37. The Hall–Kier alpha value is -1.27. The molecule has 0 radical (unpaired) electrons. The van der Waals surface area contributed by atoms with Gasteiger partial charge in [-0.3, -0.25) is 0 Å². The highest BCUT2D eigenvalue weighted by molar-refractivity contribution is 7.91. The van der Waals surface area contributed by atoms with E-state index in [1.54, 1.807) is 6.92 Å². The largest absolute Gasteiger partial charge is 0.450 e. The number of rotatable bonds is 5. The van der Waals surface area contributed by atoms with Crippen molar-refractivity contribution in [2.75, 3.05) is 18.9 Å². The van der Waals surface area contributed by atoms with Crippen LogP contribution in [-0.4, -0.2) is 33.4 Å². The molecule has 18 heavy (non-hydrogen) atoms. The summed E-state index contributed by atoms with van der Waals surface area (Å²) in [6.45, 7) is 1.92. The quantitative estimate of drug-likeness (QED) is 0.899. The Morgan fingerprint density at radius 2 is 1.94 bits per heavy atom. The number of sulfone groups is 1. The van der Waals surface area contributed by atoms with Crippen molar-refractivity contribution in [1.29, 1.82) is 0 Å². The summed E-state index contributed by atoms with van der Waals surface area (Å²) >= 11 is 5.67. The van der Waals surface area contributed by atoms with E-state index in [-0.39, 0.29) is 23.8 Å². The van der Waals surface area contributed by atoms with Gasteiger partial charge in [0.15, 0.2) is 9.84 Å². The van der Waals surface area contributed by atoms with Crippen LogP contribution in [0.25, 0.3) is 0 Å². The van der Waals surface area contributed by atoms with Gasteiger partial charge in [0.1, 0.15) is 0 Å². The third-order valence-corrected chi connectivity index (χ3v) is 4.07. The predicted octanol–water partition coefficient (Wildman–Crippen LogP) is 1.86. The second-order valence-electron chi connectivity index (χ2n) is 3.42. The minimum absolute atomic E-state index is 0.00376. The van der Waals surface area contributed by atoms with Gasteiger partial charge in [0.2, 0.25) is 0 Å². The SMILES string of the molecule is CCOC(=O)NCCS(=O)(=O)c1ccc(Cl)cc1. The Morgan fingerprint density at radius 3 is 2.50 bits per heavy atom. The van der Waals surface area contributed by atoms with Crippen molar-refractivity contribution >= 4 is 27.5 Å². The molecule has 0 spiro atoms. The molecule has 7 heteroatoms. The van der Waals surface area contributed by atoms with E-state index in [1.165, 1.54) is 24.3 Å². The van der Waals surface area contributed by atoms with E-state index in [0.29, 0.717) is 5.02 Å². The molecule has 1 aromatic carbocycles. The Morgan fingerprint density at radius 1 is 1.33 bits per heavy atom. The maximum atomic E-state index is 11.8. The van der Waals surface area contributed by atoms with Gasteiger partial charge in [-0.05, 0) is 31.2 Å². The number of carbonyl (C=O) groups excluding carboxylic acids is 1. The van der Waals surface area contributed by atoms with Crippen LogP contribution in [0.15, 0.2) is 29.2 Å². The molecule has 1 aromatic rings. The van der Waals surface area contributed by atoms with Crippen LogP contribution in [-0.2, 0) is 14.6 Å². The molecular formula is C11H14ClNO4S. The molecule has 0 heterocycles. The van der Waals surface area contributed by atoms with Gasteiger partial charge in [0.25, 0.3) is 0 Å². The minimum Gasteiger partial charge on any atom is -0.450 e. The molecule has 0 aromatic heterocycles. The van der Waals surface area contributed by atoms with Crippen molar-refractivity contribution in [2.45, 2.75) is 11.8 Å². The van der Waals surface area contributed by atoms with Gasteiger partial charge in [0, 0.05) is 11.6 Å². The van der Waals surface area contributed by atoms with Crippen LogP contribution in [0.4, 0.5) is 4.79 Å². The molecule has 0 saturated carbocycles. The van der Waals surface area contributed by atoms with E-state index in [2.05, 4.69) is 10.1 Å². The normalized spacial score (nSPS) is 11.0. The Bertz CT molecular complexity index is 498. The summed E-state index contributed by atoms with van der Waals surface area (Å²) in [5, 5.41) is 2.83. The lowest BCUT2D eigenvalue weighted by molar-refractivity contribution is 0.153. The van der Waals surface area contributed by atoms with Gasteiger partial charge in [0.05, 0.1) is 17.3 Å². The van der Waals surface area contributed by atoms with Crippen molar-refractivity contribution in [1.82, 2.24) is 5.32 Å². The number of amides is 1. The van der Waals surface area contributed by atoms with Gasteiger partial charge >= 0.3 is 6.09 Å². The summed E-state index contributed by atoms with van der Waals surface area (Å²) in [5.41, 5.74) is 0. The highest BCUT2D eigenvalue weighted by atomic mass is 35.5. The summed E-state index contributed by atoms with van der Waals surface area (Å²) in [7, 11) is -3.42. The third-order valence-electron chi connectivity index (χ3n) is 2.09. The number of hydrogen-bond donors (Lipinski definition) is 1. The highest BCUT2D eigenvalue weighted by Gasteiger charge is 2.14. The molecule has 1 N–H and O–H groups in total. The lowest BCUT2D eigenvalue weighted by atomic mass is 10.4. The van der Waals surface area contributed by atoms with E-state index in [1.807, 2.05) is 0 Å². The first-order valence-electron chi connectivity index (χ1n) is 5.34. The van der Waals surface area contributed by atoms with Gasteiger partial charge in [-0.1, -0.05) is 11.6 Å². The van der Waals surface area contributed by atoms with Gasteiger partial charge in [-0.2, -0.15) is 0 Å². The summed E-state index contributed by atoms with van der Waals surface area (Å²) in [4.78, 5) is 11.1. The van der Waals surface area contributed by atoms with Crippen LogP contribution in [0, 0.1) is 0 Å². The van der Waals surface area contributed by atoms with Crippen LogP contribution in [0.3, 0.4) is 0 Å². The monoisotopic (exact) mass is 291 g/mol. The van der Waals surface area contributed by atoms with Crippen molar-refractivity contribution in [2.24, 2.45) is 0 Å². The molecule has 1 rings (SSSR count). The number of benzene rings is 1. The number of alkyl carbamates (subject to hydrolysis) is 1. The average Bonchev–Trinajstić information content (AvgIpc) is 2.29. The standard InChI is InChI=1S/C11H14ClNO4S/c1-2-17-11(14)13-7-8-18(15,16)10-5-3-9(12)4-6-10/h3-6H,2,7-8H2,1H3,(H,13,14). The summed E-state index contributed by atoms with van der Waals surface area (Å²) in [6, 6.07) is 5.88. The van der Waals surface area contributed by atoms with E-state index in [0.717, 1.165) is 0 Å². The van der Waals surface area contributed by atoms with Crippen molar-refractivity contribution in [3.63, 3.8) is 0 Å². The number of halogens is 1. The second kappa shape index (κ2) is 6.61. The zero-order valence-corrected chi connectivity index (χ0v) is 11.4. The number of nitrogens with one attached hydrogen (secondary N) is 1. The predicted molar refractivity (Wildman–Crippen MR) is 68.5 cm³/mol. The Kier molecular flexibility index (Phi) is 5.43. The van der Waals surface area contributed by atoms with Crippen molar-refractivity contribution < 1.29 is 17.9 Å². The van der Waals surface area contributed by atoms with Crippen LogP contribution < -0.4 is 5.32 Å². The third kappa shape index (κ3) is 4.54. The van der Waals surface area contributed by atoms with E-state index >= 15 is 0 Å². The molecule has 0 aliphatic carbocycles. The molecule has 0 aliphatic heterocycles. The lowest BCUT2D eigenvalue weighted by Crippen LogP contribution is -2.29. The summed E-state index contributed by atoms with van der Waals surface area (Å²) in [5.74, 6) is -0.187. The fourth-order valence-corrected chi connectivity index (χ4v) is 2.51. The van der Waals surface area contributed by atoms with Gasteiger partial charge in [-0.25, -0.2) is 13.2 Å². The number of ether oxygens (including phenoxy) is 1. The molecule has 100 valence electrons. The molecule has 1 amide bonds. The summed E-state index contributed by atoms with van der Waals surface area (Å²) in [6.07, 6.45) is -0.621. The number of hydrogen-bond acceptors (Lipinski definition) is 4. The second-order valence-corrected chi connectivity index (χ2v) is 5.97. The first-order chi connectivity index (χ1) is 8.45. The molecule has 0 aliphatic rings. The van der Waals surface area contributed by atoms with Gasteiger partial charge in [-0.15, -0.1) is 0 Å². The first kappa shape index (κ1) is 14.8. The minimum atomic E-state index is -3.42. The molecule has 0 unspecified atom stereocenters. The zero-order valence-electron chi connectivity index (χ0n) is 9.85. The molecule has 5 nitrogen and oxygen atoms in total. The Balaban J connectivity index is 2.55. The van der Waals surface area contributed by atoms with E-state index in [4.69, 9.17) is 11.6 Å². The van der Waals surface area contributed by atoms with Crippen LogP contribution in [0.2, 0.25) is 5.02 Å². The van der Waals surface area contributed by atoms with Crippen LogP contribution in [0.1, 0.15) is 6.92 Å². The molecule has 0 saturated heterocycles. The van der Waals surface area contributed by atoms with Gasteiger partial charge < -0.3 is 10.1 Å². The maximum Gasteiger partial charge on any atom is 0.407 e. The topological polar surface area (TPSA) is 72.5 Å². The van der Waals surface area contributed by atoms with Crippen molar-refractivity contribution in [3.8, 4) is 0 Å². The fourth-order valence-electron chi connectivity index (χ4n) is 1.23. The smallest absolute Gasteiger partial charge is 0.407 e. The molecule has 0 bridgehead atoms. The lowest BCUT2D eigenvalue weighted by Gasteiger charge is -2.06. The van der Waals surface area contributed by atoms with Crippen LogP contribution >= 0.6 is 11.6 Å². The highest BCUT2D eigenvalue weighted by Crippen LogP contribution is 2.14. The summed E-state index contributed by atoms with van der Waals surface area (Å²) < 4.78 is 28.3. The van der Waals surface area contributed by atoms with Crippen LogP contribution in [0.5, 0.6) is 0 Å². The molecule has 0 atom stereocenters. The number of carbonyl (C=O) groups is 1. The van der Waals surface area contributed by atoms with Crippen molar-refractivity contribution in [3.05, 3.63) is 29.3 Å². The molecular weight excluding hydrogens is 278 g/mol. The molecule has 0 fully saturated rings. The van der Waals surface area contributed by atoms with E-state index in [9.17, 15) is 13.2 Å². The average molecular weight is 292 g/mol. The zero-order chi connectivity index (χ0) is 13.6. The van der Waals surface area contributed by atoms with E-state index < -0.39 is 15.9 Å². The maximum absolute atomic E-state index is 11.8.